The molecule has 2 aromatic carbocycles. The number of rotatable bonds is 7. The predicted molar refractivity (Wildman–Crippen MR) is 104 cm³/mol. The van der Waals surface area contributed by atoms with Gasteiger partial charge >= 0.3 is 0 Å². The smallest absolute Gasteiger partial charge is 0.220 e. The van der Waals surface area contributed by atoms with E-state index >= 15 is 0 Å². The lowest BCUT2D eigenvalue weighted by atomic mass is 10.1. The van der Waals surface area contributed by atoms with E-state index in [1.165, 1.54) is 12.1 Å². The molecule has 0 saturated carbocycles. The summed E-state index contributed by atoms with van der Waals surface area (Å²) in [5.74, 6) is -0.229. The van der Waals surface area contributed by atoms with Gasteiger partial charge in [0.15, 0.2) is 0 Å². The molecule has 3 aromatic rings. The minimum absolute atomic E-state index is 0.0170. The standard InChI is InChI=1S/C22H24FN3O/c1-16-21(17(2)26(25-16)20-6-4-3-5-7-20)12-13-22(27)24-15-14-18-8-10-19(23)11-9-18/h3-11H,12-15H2,1-2H3,(H,24,27). The van der Waals surface area contributed by atoms with Crippen LogP contribution >= 0.6 is 0 Å². The van der Waals surface area contributed by atoms with Gasteiger partial charge in [-0.05, 0) is 62.1 Å². The Balaban J connectivity index is 1.53. The van der Waals surface area contributed by atoms with E-state index in [1.807, 2.05) is 48.9 Å². The Kier molecular flexibility index (Phi) is 6.01. The van der Waals surface area contributed by atoms with E-state index in [0.717, 1.165) is 28.2 Å². The average Bonchev–Trinajstić information content (AvgIpc) is 2.96. The van der Waals surface area contributed by atoms with Crippen molar-refractivity contribution in [1.82, 2.24) is 15.1 Å². The molecule has 5 heteroatoms. The largest absolute Gasteiger partial charge is 0.356 e. The van der Waals surface area contributed by atoms with Crippen molar-refractivity contribution < 1.29 is 9.18 Å². The van der Waals surface area contributed by atoms with Gasteiger partial charge < -0.3 is 5.32 Å². The highest BCUT2D eigenvalue weighted by atomic mass is 19.1. The lowest BCUT2D eigenvalue weighted by Crippen LogP contribution is -2.26. The molecule has 27 heavy (non-hydrogen) atoms. The molecule has 0 aliphatic rings. The van der Waals surface area contributed by atoms with Crippen molar-refractivity contribution in [3.8, 4) is 5.69 Å². The third-order valence-corrected chi connectivity index (χ3v) is 4.69. The summed E-state index contributed by atoms with van der Waals surface area (Å²) in [5.41, 5.74) is 5.17. The average molecular weight is 365 g/mol. The molecule has 0 atom stereocenters. The van der Waals surface area contributed by atoms with Gasteiger partial charge in [0.25, 0.3) is 0 Å². The fraction of sp³-hybridized carbons (Fsp3) is 0.273. The fourth-order valence-electron chi connectivity index (χ4n) is 3.18. The van der Waals surface area contributed by atoms with Gasteiger partial charge in [0.2, 0.25) is 5.91 Å². The molecule has 1 aromatic heterocycles. The van der Waals surface area contributed by atoms with E-state index in [4.69, 9.17) is 0 Å². The van der Waals surface area contributed by atoms with Crippen LogP contribution < -0.4 is 5.32 Å². The van der Waals surface area contributed by atoms with Crippen molar-refractivity contribution in [2.75, 3.05) is 6.54 Å². The maximum absolute atomic E-state index is 12.9. The number of para-hydroxylation sites is 1. The van der Waals surface area contributed by atoms with Crippen LogP contribution in [0.15, 0.2) is 54.6 Å². The minimum atomic E-state index is -0.246. The maximum Gasteiger partial charge on any atom is 0.220 e. The Morgan fingerprint density at radius 3 is 2.44 bits per heavy atom. The number of benzene rings is 2. The highest BCUT2D eigenvalue weighted by molar-refractivity contribution is 5.76. The zero-order valence-electron chi connectivity index (χ0n) is 15.7. The number of nitrogens with zero attached hydrogens (tertiary/aromatic N) is 2. The van der Waals surface area contributed by atoms with E-state index in [9.17, 15) is 9.18 Å². The van der Waals surface area contributed by atoms with E-state index in [-0.39, 0.29) is 11.7 Å². The molecule has 3 rings (SSSR count). The second kappa shape index (κ2) is 8.62. The van der Waals surface area contributed by atoms with Gasteiger partial charge in [-0.1, -0.05) is 30.3 Å². The van der Waals surface area contributed by atoms with Crippen LogP contribution in [-0.4, -0.2) is 22.2 Å². The Morgan fingerprint density at radius 2 is 1.74 bits per heavy atom. The zero-order valence-corrected chi connectivity index (χ0v) is 15.7. The summed E-state index contributed by atoms with van der Waals surface area (Å²) >= 11 is 0. The number of hydrogen-bond donors (Lipinski definition) is 1. The summed E-state index contributed by atoms with van der Waals surface area (Å²) in [7, 11) is 0. The molecule has 1 heterocycles. The van der Waals surface area contributed by atoms with Gasteiger partial charge in [0.05, 0.1) is 11.4 Å². The first-order chi connectivity index (χ1) is 13.0. The predicted octanol–water partition coefficient (Wildman–Crippen LogP) is 3.92. The molecular formula is C22H24FN3O. The monoisotopic (exact) mass is 365 g/mol. The van der Waals surface area contributed by atoms with Crippen LogP contribution in [-0.2, 0) is 17.6 Å². The maximum atomic E-state index is 12.9. The molecule has 1 amide bonds. The molecule has 0 radical (unpaired) electrons. The molecule has 0 bridgehead atoms. The first kappa shape index (κ1) is 18.8. The van der Waals surface area contributed by atoms with Crippen molar-refractivity contribution in [2.45, 2.75) is 33.1 Å². The van der Waals surface area contributed by atoms with E-state index < -0.39 is 0 Å². The van der Waals surface area contributed by atoms with Gasteiger partial charge in [-0.2, -0.15) is 5.10 Å². The Hall–Kier alpha value is -2.95. The van der Waals surface area contributed by atoms with Crippen LogP contribution in [0.4, 0.5) is 4.39 Å². The second-order valence-electron chi connectivity index (χ2n) is 6.62. The van der Waals surface area contributed by atoms with Gasteiger partial charge in [0.1, 0.15) is 5.82 Å². The van der Waals surface area contributed by atoms with Crippen LogP contribution in [0.3, 0.4) is 0 Å². The quantitative estimate of drug-likeness (QED) is 0.690. The molecule has 1 N–H and O–H groups in total. The Morgan fingerprint density at radius 1 is 1.04 bits per heavy atom. The van der Waals surface area contributed by atoms with E-state index in [1.54, 1.807) is 12.1 Å². The minimum Gasteiger partial charge on any atom is -0.356 e. The van der Waals surface area contributed by atoms with Gasteiger partial charge in [0, 0.05) is 18.7 Å². The number of hydrogen-bond acceptors (Lipinski definition) is 2. The first-order valence-corrected chi connectivity index (χ1v) is 9.16. The zero-order chi connectivity index (χ0) is 19.2. The van der Waals surface area contributed by atoms with Crippen LogP contribution in [0, 0.1) is 19.7 Å². The lowest BCUT2D eigenvalue weighted by molar-refractivity contribution is -0.121. The SMILES string of the molecule is Cc1nn(-c2ccccc2)c(C)c1CCC(=O)NCCc1ccc(F)cc1. The summed E-state index contributed by atoms with van der Waals surface area (Å²) in [6.07, 6.45) is 1.77. The molecule has 0 fully saturated rings. The van der Waals surface area contributed by atoms with E-state index in [2.05, 4.69) is 10.4 Å². The molecule has 0 aliphatic carbocycles. The van der Waals surface area contributed by atoms with Crippen molar-refractivity contribution in [2.24, 2.45) is 0 Å². The van der Waals surface area contributed by atoms with E-state index in [0.29, 0.717) is 25.8 Å². The number of aromatic nitrogens is 2. The van der Waals surface area contributed by atoms with Crippen LogP contribution in [0.5, 0.6) is 0 Å². The van der Waals surface area contributed by atoms with Gasteiger partial charge in [-0.25, -0.2) is 9.07 Å². The third-order valence-electron chi connectivity index (χ3n) is 4.69. The number of carbonyl (C=O) groups is 1. The number of carbonyl (C=O) groups excluding carboxylic acids is 1. The number of halogens is 1. The van der Waals surface area contributed by atoms with Crippen molar-refractivity contribution in [3.63, 3.8) is 0 Å². The summed E-state index contributed by atoms with van der Waals surface area (Å²) < 4.78 is 14.8. The van der Waals surface area contributed by atoms with Crippen molar-refractivity contribution >= 4 is 5.91 Å². The second-order valence-corrected chi connectivity index (χ2v) is 6.62. The van der Waals surface area contributed by atoms with Gasteiger partial charge in [-0.3, -0.25) is 4.79 Å². The number of nitrogens with one attached hydrogen (secondary N) is 1. The first-order valence-electron chi connectivity index (χ1n) is 9.16. The molecule has 4 nitrogen and oxygen atoms in total. The van der Waals surface area contributed by atoms with Crippen LogP contribution in [0.1, 0.15) is 28.9 Å². The topological polar surface area (TPSA) is 46.9 Å². The van der Waals surface area contributed by atoms with Crippen LogP contribution in [0.25, 0.3) is 5.69 Å². The fourth-order valence-corrected chi connectivity index (χ4v) is 3.18. The molecule has 140 valence electrons. The van der Waals surface area contributed by atoms with Crippen molar-refractivity contribution in [1.29, 1.82) is 0 Å². The number of amides is 1. The van der Waals surface area contributed by atoms with Gasteiger partial charge in [-0.15, -0.1) is 0 Å². The summed E-state index contributed by atoms with van der Waals surface area (Å²) in [5, 5.41) is 7.56. The summed E-state index contributed by atoms with van der Waals surface area (Å²) in [6, 6.07) is 16.3. The Bertz CT molecular complexity index is 901. The molecule has 0 unspecified atom stereocenters. The molecular weight excluding hydrogens is 341 g/mol. The van der Waals surface area contributed by atoms with Crippen LogP contribution in [0.2, 0.25) is 0 Å². The summed E-state index contributed by atoms with van der Waals surface area (Å²) in [6.45, 7) is 4.56. The third kappa shape index (κ3) is 4.82. The highest BCUT2D eigenvalue weighted by Crippen LogP contribution is 2.19. The Labute approximate surface area is 159 Å². The summed E-state index contributed by atoms with van der Waals surface area (Å²) in [4.78, 5) is 12.2. The normalized spacial score (nSPS) is 10.8. The number of aryl methyl sites for hydroxylation is 1. The highest BCUT2D eigenvalue weighted by Gasteiger charge is 2.14. The lowest BCUT2D eigenvalue weighted by Gasteiger charge is -2.07. The molecule has 0 aliphatic heterocycles. The molecule has 0 spiro atoms. The van der Waals surface area contributed by atoms with Crippen molar-refractivity contribution in [3.05, 3.63) is 82.9 Å². The molecule has 0 saturated heterocycles.